The van der Waals surface area contributed by atoms with Crippen LogP contribution in [0.4, 0.5) is 0 Å². The molecule has 13 heavy (non-hydrogen) atoms. The third-order valence-electron chi connectivity index (χ3n) is 2.64. The lowest BCUT2D eigenvalue weighted by atomic mass is 9.84. The van der Waals surface area contributed by atoms with Crippen LogP contribution in [0.1, 0.15) is 29.9 Å². The van der Waals surface area contributed by atoms with Crippen LogP contribution in [-0.2, 0) is 11.2 Å². The highest BCUT2D eigenvalue weighted by Gasteiger charge is 2.24. The smallest absolute Gasteiger partial charge is 0.229 e. The zero-order chi connectivity index (χ0) is 9.26. The summed E-state index contributed by atoms with van der Waals surface area (Å²) >= 11 is 5.55. The van der Waals surface area contributed by atoms with Crippen LogP contribution in [0.15, 0.2) is 24.3 Å². The largest absolute Gasteiger partial charge is 0.281 e. The van der Waals surface area contributed by atoms with Crippen LogP contribution in [0, 0.1) is 0 Å². The van der Waals surface area contributed by atoms with Crippen molar-refractivity contribution in [2.24, 2.45) is 0 Å². The summed E-state index contributed by atoms with van der Waals surface area (Å²) in [5.74, 6) is -0.0633. The normalized spacial score (nSPS) is 20.8. The van der Waals surface area contributed by atoms with E-state index in [1.54, 1.807) is 0 Å². The minimum Gasteiger partial charge on any atom is -0.281 e. The van der Waals surface area contributed by atoms with Crippen LogP contribution in [0.25, 0.3) is 0 Å². The molecule has 1 aromatic rings. The second kappa shape index (κ2) is 3.51. The van der Waals surface area contributed by atoms with Gasteiger partial charge in [-0.05, 0) is 42.0 Å². The Balaban J connectivity index is 2.42. The van der Waals surface area contributed by atoms with Crippen molar-refractivity contribution >= 4 is 16.8 Å². The standard InChI is InChI=1S/C11H11ClO/c12-11(13)10-7-3-5-8-4-1-2-6-9(8)10/h1-2,4,6,10H,3,5,7H2. The van der Waals surface area contributed by atoms with Crippen molar-refractivity contribution in [2.45, 2.75) is 25.2 Å². The Labute approximate surface area is 82.7 Å². The first-order valence-corrected chi connectivity index (χ1v) is 4.94. The molecule has 0 bridgehead atoms. The molecular formula is C11H11ClO. The van der Waals surface area contributed by atoms with Gasteiger partial charge in [0.1, 0.15) is 0 Å². The molecule has 0 aromatic heterocycles. The summed E-state index contributed by atoms with van der Waals surface area (Å²) in [6.45, 7) is 0. The molecule has 1 nitrogen and oxygen atoms in total. The molecule has 1 aliphatic rings. The maximum atomic E-state index is 11.1. The summed E-state index contributed by atoms with van der Waals surface area (Å²) < 4.78 is 0. The molecule has 68 valence electrons. The van der Waals surface area contributed by atoms with Gasteiger partial charge < -0.3 is 0 Å². The summed E-state index contributed by atoms with van der Waals surface area (Å²) in [6.07, 6.45) is 3.05. The molecule has 0 saturated carbocycles. The van der Waals surface area contributed by atoms with Gasteiger partial charge >= 0.3 is 0 Å². The van der Waals surface area contributed by atoms with Crippen LogP contribution in [0.5, 0.6) is 0 Å². The van der Waals surface area contributed by atoms with Crippen molar-refractivity contribution in [1.29, 1.82) is 0 Å². The summed E-state index contributed by atoms with van der Waals surface area (Å²) in [5, 5.41) is -0.216. The van der Waals surface area contributed by atoms with E-state index >= 15 is 0 Å². The highest BCUT2D eigenvalue weighted by molar-refractivity contribution is 6.64. The molecule has 1 aliphatic carbocycles. The molecule has 0 N–H and O–H groups in total. The second-order valence-corrected chi connectivity index (χ2v) is 3.82. The number of carbonyl (C=O) groups is 1. The molecule has 1 unspecified atom stereocenters. The number of carbonyl (C=O) groups excluding carboxylic acids is 1. The maximum absolute atomic E-state index is 11.1. The van der Waals surface area contributed by atoms with Gasteiger partial charge in [0, 0.05) is 0 Å². The third kappa shape index (κ3) is 1.61. The van der Waals surface area contributed by atoms with Crippen LogP contribution >= 0.6 is 11.6 Å². The van der Waals surface area contributed by atoms with E-state index in [-0.39, 0.29) is 11.2 Å². The molecule has 0 amide bonds. The van der Waals surface area contributed by atoms with Gasteiger partial charge in [0.2, 0.25) is 5.24 Å². The van der Waals surface area contributed by atoms with Crippen LogP contribution in [0.3, 0.4) is 0 Å². The van der Waals surface area contributed by atoms with Gasteiger partial charge in [-0.25, -0.2) is 0 Å². The fourth-order valence-corrected chi connectivity index (χ4v) is 2.22. The van der Waals surface area contributed by atoms with Crippen molar-refractivity contribution < 1.29 is 4.79 Å². The van der Waals surface area contributed by atoms with Gasteiger partial charge in [-0.15, -0.1) is 0 Å². The number of hydrogen-bond donors (Lipinski definition) is 0. The van der Waals surface area contributed by atoms with Gasteiger partial charge in [-0.3, -0.25) is 4.79 Å². The molecule has 1 atom stereocenters. The van der Waals surface area contributed by atoms with Crippen molar-refractivity contribution in [2.75, 3.05) is 0 Å². The lowest BCUT2D eigenvalue weighted by molar-refractivity contribution is -0.113. The lowest BCUT2D eigenvalue weighted by Crippen LogP contribution is -2.14. The van der Waals surface area contributed by atoms with Crippen LogP contribution < -0.4 is 0 Å². The SMILES string of the molecule is O=C(Cl)C1CCCc2ccccc21. The summed E-state index contributed by atoms with van der Waals surface area (Å²) in [6, 6.07) is 8.08. The van der Waals surface area contributed by atoms with E-state index in [4.69, 9.17) is 11.6 Å². The quantitative estimate of drug-likeness (QED) is 0.629. The number of rotatable bonds is 1. The van der Waals surface area contributed by atoms with Gasteiger partial charge in [0.25, 0.3) is 0 Å². The second-order valence-electron chi connectivity index (χ2n) is 3.45. The van der Waals surface area contributed by atoms with Gasteiger partial charge in [0.15, 0.2) is 0 Å². The number of hydrogen-bond acceptors (Lipinski definition) is 1. The lowest BCUT2D eigenvalue weighted by Gasteiger charge is -2.21. The van der Waals surface area contributed by atoms with E-state index in [0.29, 0.717) is 0 Å². The predicted molar refractivity (Wildman–Crippen MR) is 53.0 cm³/mol. The maximum Gasteiger partial charge on any atom is 0.229 e. The minimum absolute atomic E-state index is 0.0633. The molecule has 0 aliphatic heterocycles. The Kier molecular flexibility index (Phi) is 2.36. The Morgan fingerprint density at radius 1 is 1.38 bits per heavy atom. The number of halogens is 1. The molecule has 0 saturated heterocycles. The molecule has 0 spiro atoms. The van der Waals surface area contributed by atoms with Crippen LogP contribution in [-0.4, -0.2) is 5.24 Å². The van der Waals surface area contributed by atoms with Crippen molar-refractivity contribution in [3.63, 3.8) is 0 Å². The monoisotopic (exact) mass is 194 g/mol. The predicted octanol–water partition coefficient (Wildman–Crippen LogP) is 2.87. The number of fused-ring (bicyclic) bond motifs is 1. The molecule has 1 aromatic carbocycles. The molecule has 0 heterocycles. The van der Waals surface area contributed by atoms with E-state index in [9.17, 15) is 4.79 Å². The van der Waals surface area contributed by atoms with E-state index in [1.165, 1.54) is 5.56 Å². The Hall–Kier alpha value is -0.820. The highest BCUT2D eigenvalue weighted by Crippen LogP contribution is 2.32. The van der Waals surface area contributed by atoms with E-state index in [1.807, 2.05) is 18.2 Å². The van der Waals surface area contributed by atoms with Gasteiger partial charge in [-0.1, -0.05) is 24.3 Å². The highest BCUT2D eigenvalue weighted by atomic mass is 35.5. The Morgan fingerprint density at radius 2 is 2.15 bits per heavy atom. The first-order chi connectivity index (χ1) is 6.29. The fraction of sp³-hybridized carbons (Fsp3) is 0.364. The van der Waals surface area contributed by atoms with Crippen molar-refractivity contribution in [3.05, 3.63) is 35.4 Å². The molecule has 0 fully saturated rings. The topological polar surface area (TPSA) is 17.1 Å². The van der Waals surface area contributed by atoms with Gasteiger partial charge in [-0.2, -0.15) is 0 Å². The summed E-state index contributed by atoms with van der Waals surface area (Å²) in [5.41, 5.74) is 2.42. The van der Waals surface area contributed by atoms with E-state index < -0.39 is 0 Å². The van der Waals surface area contributed by atoms with E-state index in [2.05, 4.69) is 6.07 Å². The first kappa shape index (κ1) is 8.76. The summed E-state index contributed by atoms with van der Waals surface area (Å²) in [7, 11) is 0. The zero-order valence-corrected chi connectivity index (χ0v) is 8.05. The van der Waals surface area contributed by atoms with Crippen molar-refractivity contribution in [1.82, 2.24) is 0 Å². The molecule has 2 rings (SSSR count). The third-order valence-corrected chi connectivity index (χ3v) is 2.91. The average molecular weight is 195 g/mol. The number of benzene rings is 1. The zero-order valence-electron chi connectivity index (χ0n) is 7.29. The van der Waals surface area contributed by atoms with E-state index in [0.717, 1.165) is 24.8 Å². The van der Waals surface area contributed by atoms with Crippen LogP contribution in [0.2, 0.25) is 0 Å². The average Bonchev–Trinajstić information content (AvgIpc) is 2.17. The molecule has 0 radical (unpaired) electrons. The molecular weight excluding hydrogens is 184 g/mol. The fourth-order valence-electron chi connectivity index (χ4n) is 1.99. The minimum atomic E-state index is -0.216. The van der Waals surface area contributed by atoms with Crippen molar-refractivity contribution in [3.8, 4) is 0 Å². The Morgan fingerprint density at radius 3 is 2.92 bits per heavy atom. The first-order valence-electron chi connectivity index (χ1n) is 4.56. The summed E-state index contributed by atoms with van der Waals surface area (Å²) in [4.78, 5) is 11.1. The molecule has 2 heteroatoms. The van der Waals surface area contributed by atoms with Gasteiger partial charge in [0.05, 0.1) is 5.92 Å². The Bertz CT molecular complexity index is 333. The number of aryl methyl sites for hydroxylation is 1.